The van der Waals surface area contributed by atoms with Gasteiger partial charge >= 0.3 is 0 Å². The number of rotatable bonds is 4. The molecule has 27 heavy (non-hydrogen) atoms. The molecule has 0 unspecified atom stereocenters. The fourth-order valence-corrected chi connectivity index (χ4v) is 4.75. The fraction of sp³-hybridized carbons (Fsp3) is 0.105. The van der Waals surface area contributed by atoms with E-state index in [1.54, 1.807) is 35.2 Å². The van der Waals surface area contributed by atoms with Crippen LogP contribution in [0.15, 0.2) is 53.4 Å². The van der Waals surface area contributed by atoms with Crippen LogP contribution in [0.3, 0.4) is 0 Å². The van der Waals surface area contributed by atoms with Crippen molar-refractivity contribution >= 4 is 49.7 Å². The van der Waals surface area contributed by atoms with E-state index in [9.17, 15) is 17.6 Å². The van der Waals surface area contributed by atoms with Crippen molar-refractivity contribution in [3.05, 3.63) is 64.9 Å². The molecule has 0 aliphatic carbocycles. The molecule has 1 N–H and O–H groups in total. The highest BCUT2D eigenvalue weighted by Gasteiger charge is 2.30. The Balaban J connectivity index is 1.87. The molecule has 5 nitrogen and oxygen atoms in total. The maximum atomic E-state index is 14.2. The third-order valence-electron chi connectivity index (χ3n) is 4.55. The second kappa shape index (κ2) is 6.21. The van der Waals surface area contributed by atoms with Gasteiger partial charge in [0.2, 0.25) is 0 Å². The number of hydrogen-bond acceptors (Lipinski definition) is 3. The summed E-state index contributed by atoms with van der Waals surface area (Å²) >= 11 is 5.71. The zero-order chi connectivity index (χ0) is 19.3. The van der Waals surface area contributed by atoms with E-state index in [4.69, 9.17) is 11.6 Å². The summed E-state index contributed by atoms with van der Waals surface area (Å²) in [7, 11) is -4.20. The Labute approximate surface area is 160 Å². The number of carbonyl (C=O) groups is 1. The number of sulfonamides is 1. The Bertz CT molecular complexity index is 1210. The largest absolute Gasteiger partial charge is 0.308 e. The summed E-state index contributed by atoms with van der Waals surface area (Å²) in [6.07, 6.45) is 0. The molecule has 1 aliphatic rings. The Hall–Kier alpha value is -2.64. The minimum absolute atomic E-state index is 0.126. The van der Waals surface area contributed by atoms with Crippen LogP contribution in [-0.4, -0.2) is 20.9 Å². The van der Waals surface area contributed by atoms with Gasteiger partial charge < -0.3 is 4.90 Å². The van der Waals surface area contributed by atoms with E-state index in [-0.39, 0.29) is 16.6 Å². The smallest absolute Gasteiger partial charge is 0.264 e. The van der Waals surface area contributed by atoms with E-state index in [2.05, 4.69) is 4.72 Å². The molecule has 0 saturated heterocycles. The Morgan fingerprint density at radius 1 is 1.11 bits per heavy atom. The molecule has 0 aromatic heterocycles. The van der Waals surface area contributed by atoms with Gasteiger partial charge in [-0.15, -0.1) is 0 Å². The van der Waals surface area contributed by atoms with Gasteiger partial charge in [0.1, 0.15) is 4.90 Å². The van der Waals surface area contributed by atoms with E-state index in [1.807, 2.05) is 6.92 Å². The van der Waals surface area contributed by atoms with Gasteiger partial charge in [-0.2, -0.15) is 0 Å². The molecule has 0 atom stereocenters. The van der Waals surface area contributed by atoms with E-state index < -0.39 is 20.7 Å². The number of carbonyl (C=O) groups excluding carboxylic acids is 1. The summed E-state index contributed by atoms with van der Waals surface area (Å²) < 4.78 is 42.0. The van der Waals surface area contributed by atoms with Crippen LogP contribution in [0, 0.1) is 5.82 Å². The first kappa shape index (κ1) is 17.8. The van der Waals surface area contributed by atoms with Gasteiger partial charge in [0.05, 0.1) is 16.4 Å². The lowest BCUT2D eigenvalue weighted by molar-refractivity contribution is 0.0994. The van der Waals surface area contributed by atoms with Crippen LogP contribution in [0.2, 0.25) is 5.02 Å². The predicted molar refractivity (Wildman–Crippen MR) is 104 cm³/mol. The maximum absolute atomic E-state index is 14.2. The first-order valence-corrected chi connectivity index (χ1v) is 10.1. The number of amides is 1. The first-order chi connectivity index (χ1) is 12.8. The van der Waals surface area contributed by atoms with Gasteiger partial charge in [-0.3, -0.25) is 9.52 Å². The molecule has 1 amide bonds. The van der Waals surface area contributed by atoms with Crippen LogP contribution in [0.4, 0.5) is 15.8 Å². The van der Waals surface area contributed by atoms with Crippen LogP contribution in [0.25, 0.3) is 10.8 Å². The molecule has 1 aliphatic heterocycles. The monoisotopic (exact) mass is 404 g/mol. The SMILES string of the molecule is CCN1C(=O)c2cccc3c(NS(=O)(=O)c4cccc(Cl)c4F)ccc1c23. The molecule has 0 spiro atoms. The van der Waals surface area contributed by atoms with Crippen LogP contribution in [-0.2, 0) is 10.0 Å². The molecule has 0 fully saturated rings. The summed E-state index contributed by atoms with van der Waals surface area (Å²) in [5.74, 6) is -1.14. The van der Waals surface area contributed by atoms with Crippen LogP contribution >= 0.6 is 11.6 Å². The zero-order valence-corrected chi connectivity index (χ0v) is 15.7. The van der Waals surface area contributed by atoms with Crippen molar-refractivity contribution in [2.24, 2.45) is 0 Å². The average molecular weight is 405 g/mol. The van der Waals surface area contributed by atoms with Crippen molar-refractivity contribution in [2.45, 2.75) is 11.8 Å². The molecule has 3 aromatic rings. The molecule has 138 valence electrons. The third kappa shape index (κ3) is 2.65. The van der Waals surface area contributed by atoms with Gasteiger partial charge in [0.25, 0.3) is 15.9 Å². The van der Waals surface area contributed by atoms with Gasteiger partial charge in [-0.25, -0.2) is 12.8 Å². The van der Waals surface area contributed by atoms with E-state index >= 15 is 0 Å². The van der Waals surface area contributed by atoms with E-state index in [1.165, 1.54) is 12.1 Å². The number of benzene rings is 3. The van der Waals surface area contributed by atoms with Crippen molar-refractivity contribution in [1.82, 2.24) is 0 Å². The van der Waals surface area contributed by atoms with Crippen LogP contribution in [0.5, 0.6) is 0 Å². The normalized spacial score (nSPS) is 13.4. The van der Waals surface area contributed by atoms with Crippen LogP contribution < -0.4 is 9.62 Å². The molecule has 3 aromatic carbocycles. The lowest BCUT2D eigenvalue weighted by atomic mass is 10.0. The lowest BCUT2D eigenvalue weighted by Gasteiger charge is -2.16. The van der Waals surface area contributed by atoms with Gasteiger partial charge in [0, 0.05) is 22.9 Å². The van der Waals surface area contributed by atoms with Crippen LogP contribution in [0.1, 0.15) is 17.3 Å². The van der Waals surface area contributed by atoms with Crippen molar-refractivity contribution < 1.29 is 17.6 Å². The topological polar surface area (TPSA) is 66.5 Å². The van der Waals surface area contributed by atoms with E-state index in [0.717, 1.165) is 11.8 Å². The molecule has 0 saturated carbocycles. The summed E-state index contributed by atoms with van der Waals surface area (Å²) in [6, 6.07) is 12.2. The number of halogens is 2. The van der Waals surface area contributed by atoms with Crippen molar-refractivity contribution in [3.63, 3.8) is 0 Å². The van der Waals surface area contributed by atoms with Gasteiger partial charge in [-0.05, 0) is 37.3 Å². The van der Waals surface area contributed by atoms with Crippen molar-refractivity contribution in [2.75, 3.05) is 16.2 Å². The standard InChI is InChI=1S/C19H14ClFN2O3S/c1-2-23-15-10-9-14(11-5-3-6-12(17(11)15)19(23)24)22-27(25,26)16-8-4-7-13(20)18(16)21/h3-10,22H,2H2,1H3. The molecule has 4 rings (SSSR count). The number of hydrogen-bond donors (Lipinski definition) is 1. The lowest BCUT2D eigenvalue weighted by Crippen LogP contribution is -2.25. The van der Waals surface area contributed by atoms with Gasteiger partial charge in [0.15, 0.2) is 5.82 Å². The Kier molecular flexibility index (Phi) is 4.09. The molecular weight excluding hydrogens is 391 g/mol. The third-order valence-corrected chi connectivity index (χ3v) is 6.23. The minimum atomic E-state index is -4.20. The maximum Gasteiger partial charge on any atom is 0.264 e. The number of nitrogens with one attached hydrogen (secondary N) is 1. The van der Waals surface area contributed by atoms with Crippen molar-refractivity contribution in [1.29, 1.82) is 0 Å². The van der Waals surface area contributed by atoms with E-state index in [0.29, 0.717) is 22.9 Å². The molecule has 8 heteroatoms. The highest BCUT2D eigenvalue weighted by atomic mass is 35.5. The summed E-state index contributed by atoms with van der Waals surface area (Å²) in [5.41, 5.74) is 1.50. The molecule has 0 radical (unpaired) electrons. The zero-order valence-electron chi connectivity index (χ0n) is 14.2. The Morgan fingerprint density at radius 2 is 1.85 bits per heavy atom. The van der Waals surface area contributed by atoms with Gasteiger partial charge in [-0.1, -0.05) is 29.8 Å². The summed E-state index contributed by atoms with van der Waals surface area (Å²) in [4.78, 5) is 13.6. The number of anilines is 2. The molecule has 0 bridgehead atoms. The summed E-state index contributed by atoms with van der Waals surface area (Å²) in [6.45, 7) is 2.37. The second-order valence-corrected chi connectivity index (χ2v) is 8.13. The summed E-state index contributed by atoms with van der Waals surface area (Å²) in [5, 5.41) is 0.971. The predicted octanol–water partition coefficient (Wildman–Crippen LogP) is 4.41. The highest BCUT2D eigenvalue weighted by molar-refractivity contribution is 7.92. The van der Waals surface area contributed by atoms with Crippen molar-refractivity contribution in [3.8, 4) is 0 Å². The number of nitrogens with zero attached hydrogens (tertiary/aromatic N) is 1. The first-order valence-electron chi connectivity index (χ1n) is 8.19. The molecular formula is C19H14ClFN2O3S. The highest BCUT2D eigenvalue weighted by Crippen LogP contribution is 2.41. The Morgan fingerprint density at radius 3 is 2.59 bits per heavy atom. The fourth-order valence-electron chi connectivity index (χ4n) is 3.34. The minimum Gasteiger partial charge on any atom is -0.308 e. The second-order valence-electron chi connectivity index (χ2n) is 6.07. The quantitative estimate of drug-likeness (QED) is 0.700. The average Bonchev–Trinajstić information content (AvgIpc) is 2.92. The molecule has 1 heterocycles.